The van der Waals surface area contributed by atoms with E-state index in [9.17, 15) is 9.18 Å². The van der Waals surface area contributed by atoms with Gasteiger partial charge >= 0.3 is 0 Å². The Kier molecular flexibility index (Phi) is 3.53. The van der Waals surface area contributed by atoms with Crippen molar-refractivity contribution in [3.05, 3.63) is 42.0 Å². The lowest BCUT2D eigenvalue weighted by Gasteiger charge is -2.07. The lowest BCUT2D eigenvalue weighted by atomic mass is 10.1. The zero-order chi connectivity index (χ0) is 12.3. The van der Waals surface area contributed by atoms with Gasteiger partial charge in [-0.1, -0.05) is 11.8 Å². The highest BCUT2D eigenvalue weighted by Gasteiger charge is 2.17. The van der Waals surface area contributed by atoms with Crippen LogP contribution >= 0.6 is 11.8 Å². The summed E-state index contributed by atoms with van der Waals surface area (Å²) >= 11 is 1.28. The van der Waals surface area contributed by atoms with Gasteiger partial charge in [0, 0.05) is 5.56 Å². The summed E-state index contributed by atoms with van der Waals surface area (Å²) in [4.78, 5) is 15.9. The van der Waals surface area contributed by atoms with Crippen molar-refractivity contribution in [2.24, 2.45) is 0 Å². The summed E-state index contributed by atoms with van der Waals surface area (Å²) in [6.07, 6.45) is 1.39. The van der Waals surface area contributed by atoms with Crippen LogP contribution in [0.4, 0.5) is 4.39 Å². The van der Waals surface area contributed by atoms with Crippen molar-refractivity contribution in [2.45, 2.75) is 17.3 Å². The van der Waals surface area contributed by atoms with Crippen LogP contribution in [-0.4, -0.2) is 26.2 Å². The predicted molar refractivity (Wildman–Crippen MR) is 62.4 cm³/mol. The van der Waals surface area contributed by atoms with Crippen molar-refractivity contribution in [2.75, 3.05) is 0 Å². The van der Waals surface area contributed by atoms with E-state index in [2.05, 4.69) is 15.2 Å². The van der Waals surface area contributed by atoms with Crippen LogP contribution < -0.4 is 0 Å². The first-order valence-corrected chi connectivity index (χ1v) is 5.86. The van der Waals surface area contributed by atoms with Gasteiger partial charge in [0.25, 0.3) is 0 Å². The molecule has 1 aromatic heterocycles. The number of ketones is 1. The first-order chi connectivity index (χ1) is 8.16. The third-order valence-corrected chi connectivity index (χ3v) is 3.17. The first kappa shape index (κ1) is 11.8. The van der Waals surface area contributed by atoms with Crippen LogP contribution in [0.3, 0.4) is 0 Å². The lowest BCUT2D eigenvalue weighted by molar-refractivity contribution is 0.0994. The monoisotopic (exact) mass is 251 g/mol. The van der Waals surface area contributed by atoms with E-state index in [4.69, 9.17) is 0 Å². The molecule has 88 valence electrons. The van der Waals surface area contributed by atoms with Gasteiger partial charge in [0.2, 0.25) is 0 Å². The number of rotatable bonds is 4. The second-order valence-corrected chi connectivity index (χ2v) is 4.75. The first-order valence-electron chi connectivity index (χ1n) is 4.98. The van der Waals surface area contributed by atoms with E-state index in [0.717, 1.165) is 0 Å². The van der Waals surface area contributed by atoms with E-state index in [-0.39, 0.29) is 16.9 Å². The fourth-order valence-electron chi connectivity index (χ4n) is 1.32. The number of carbonyl (C=O) groups is 1. The molecule has 1 aromatic carbocycles. The van der Waals surface area contributed by atoms with E-state index < -0.39 is 0 Å². The molecule has 0 saturated carbocycles. The summed E-state index contributed by atoms with van der Waals surface area (Å²) in [5.74, 6) is -0.413. The topological polar surface area (TPSA) is 58.6 Å². The van der Waals surface area contributed by atoms with Gasteiger partial charge in [-0.3, -0.25) is 9.89 Å². The molecular formula is C11H10FN3OS. The fraction of sp³-hybridized carbons (Fsp3) is 0.182. The van der Waals surface area contributed by atoms with E-state index in [1.165, 1.54) is 42.4 Å². The Bertz CT molecular complexity index is 498. The molecule has 2 aromatic rings. The Labute approximate surface area is 102 Å². The minimum absolute atomic E-state index is 0.0635. The molecule has 1 N–H and O–H groups in total. The van der Waals surface area contributed by atoms with Crippen LogP contribution in [0.15, 0.2) is 35.7 Å². The molecular weight excluding hydrogens is 241 g/mol. The van der Waals surface area contributed by atoms with Crippen molar-refractivity contribution in [3.63, 3.8) is 0 Å². The maximum absolute atomic E-state index is 12.7. The number of hydrogen-bond donors (Lipinski definition) is 1. The zero-order valence-corrected chi connectivity index (χ0v) is 9.87. The van der Waals surface area contributed by atoms with Gasteiger partial charge in [-0.05, 0) is 31.2 Å². The third-order valence-electron chi connectivity index (χ3n) is 2.18. The highest BCUT2D eigenvalue weighted by Crippen LogP contribution is 2.21. The van der Waals surface area contributed by atoms with E-state index in [0.29, 0.717) is 10.7 Å². The SMILES string of the molecule is CC(Sc1ncn[nH]1)C(=O)c1ccc(F)cc1. The van der Waals surface area contributed by atoms with Gasteiger partial charge in [0.15, 0.2) is 10.9 Å². The Hall–Kier alpha value is -1.69. The number of nitrogens with one attached hydrogen (secondary N) is 1. The highest BCUT2D eigenvalue weighted by atomic mass is 32.2. The van der Waals surface area contributed by atoms with Gasteiger partial charge in [-0.25, -0.2) is 9.37 Å². The van der Waals surface area contributed by atoms with Gasteiger partial charge in [-0.2, -0.15) is 5.10 Å². The molecule has 0 aliphatic rings. The predicted octanol–water partition coefficient (Wildman–Crippen LogP) is 2.31. The van der Waals surface area contributed by atoms with Gasteiger partial charge in [0.1, 0.15) is 12.1 Å². The minimum atomic E-state index is -0.350. The summed E-state index contributed by atoms with van der Waals surface area (Å²) in [6.45, 7) is 1.78. The van der Waals surface area contributed by atoms with Crippen LogP contribution in [-0.2, 0) is 0 Å². The standard InChI is InChI=1S/C11H10FN3OS/c1-7(17-11-13-6-14-15-11)10(16)8-2-4-9(12)5-3-8/h2-7H,1H3,(H,13,14,15). The molecule has 0 spiro atoms. The lowest BCUT2D eigenvalue weighted by Crippen LogP contribution is -2.13. The molecule has 0 radical (unpaired) electrons. The number of H-pyrrole nitrogens is 1. The Morgan fingerprint density at radius 1 is 1.41 bits per heavy atom. The fourth-order valence-corrected chi connectivity index (χ4v) is 2.11. The second kappa shape index (κ2) is 5.09. The average molecular weight is 251 g/mol. The number of thioether (sulfide) groups is 1. The second-order valence-electron chi connectivity index (χ2n) is 3.42. The van der Waals surface area contributed by atoms with E-state index in [1.807, 2.05) is 0 Å². The quantitative estimate of drug-likeness (QED) is 0.669. The van der Waals surface area contributed by atoms with E-state index in [1.54, 1.807) is 6.92 Å². The summed E-state index contributed by atoms with van der Waals surface area (Å²) in [6, 6.07) is 5.52. The number of aromatic amines is 1. The molecule has 0 aliphatic heterocycles. The van der Waals surface area contributed by atoms with Crippen LogP contribution in [0.25, 0.3) is 0 Å². The molecule has 0 saturated heterocycles. The van der Waals surface area contributed by atoms with Crippen molar-refractivity contribution >= 4 is 17.5 Å². The van der Waals surface area contributed by atoms with Crippen molar-refractivity contribution < 1.29 is 9.18 Å². The van der Waals surface area contributed by atoms with E-state index >= 15 is 0 Å². The van der Waals surface area contributed by atoms with Crippen LogP contribution in [0.2, 0.25) is 0 Å². The molecule has 0 fully saturated rings. The highest BCUT2D eigenvalue weighted by molar-refractivity contribution is 8.00. The van der Waals surface area contributed by atoms with Crippen LogP contribution in [0.1, 0.15) is 17.3 Å². The number of hydrogen-bond acceptors (Lipinski definition) is 4. The molecule has 1 unspecified atom stereocenters. The van der Waals surface area contributed by atoms with Crippen molar-refractivity contribution in [1.82, 2.24) is 15.2 Å². The molecule has 0 amide bonds. The number of halogens is 1. The third kappa shape index (κ3) is 2.91. The Balaban J connectivity index is 2.07. The summed E-state index contributed by atoms with van der Waals surface area (Å²) in [7, 11) is 0. The smallest absolute Gasteiger partial charge is 0.184 e. The molecule has 0 bridgehead atoms. The number of nitrogens with zero attached hydrogens (tertiary/aromatic N) is 2. The average Bonchev–Trinajstić information content (AvgIpc) is 2.82. The Morgan fingerprint density at radius 2 is 2.12 bits per heavy atom. The zero-order valence-electron chi connectivity index (χ0n) is 9.05. The largest absolute Gasteiger partial charge is 0.293 e. The number of aromatic nitrogens is 3. The molecule has 17 heavy (non-hydrogen) atoms. The number of benzene rings is 1. The molecule has 0 aliphatic carbocycles. The molecule has 1 atom stereocenters. The van der Waals surface area contributed by atoms with Gasteiger partial charge in [0.05, 0.1) is 5.25 Å². The molecule has 2 rings (SSSR count). The van der Waals surface area contributed by atoms with Gasteiger partial charge < -0.3 is 0 Å². The number of carbonyl (C=O) groups excluding carboxylic acids is 1. The van der Waals surface area contributed by atoms with Crippen molar-refractivity contribution in [1.29, 1.82) is 0 Å². The molecule has 1 heterocycles. The van der Waals surface area contributed by atoms with Gasteiger partial charge in [-0.15, -0.1) is 0 Å². The maximum atomic E-state index is 12.7. The van der Waals surface area contributed by atoms with Crippen molar-refractivity contribution in [3.8, 4) is 0 Å². The van der Waals surface area contributed by atoms with Crippen LogP contribution in [0.5, 0.6) is 0 Å². The summed E-state index contributed by atoms with van der Waals surface area (Å²) < 4.78 is 12.7. The van der Waals surface area contributed by atoms with Crippen LogP contribution in [0, 0.1) is 5.82 Å². The maximum Gasteiger partial charge on any atom is 0.184 e. The Morgan fingerprint density at radius 3 is 2.71 bits per heavy atom. The minimum Gasteiger partial charge on any atom is -0.293 e. The normalized spacial score (nSPS) is 12.4. The summed E-state index contributed by atoms with van der Waals surface area (Å²) in [5, 5.41) is 6.67. The summed E-state index contributed by atoms with van der Waals surface area (Å²) in [5.41, 5.74) is 0.492. The molecule has 6 heteroatoms. The molecule has 4 nitrogen and oxygen atoms in total. The number of Topliss-reactive ketones (excluding diaryl/α,β-unsaturated/α-hetero) is 1.